The Morgan fingerprint density at radius 3 is 2.95 bits per heavy atom. The highest BCUT2D eigenvalue weighted by Crippen LogP contribution is 2.32. The highest BCUT2D eigenvalue weighted by atomic mass is 16.7. The van der Waals surface area contributed by atoms with E-state index in [2.05, 4.69) is 10.4 Å². The van der Waals surface area contributed by atoms with Crippen LogP contribution in [0.15, 0.2) is 30.5 Å². The molecule has 1 N–H and O–H groups in total. The van der Waals surface area contributed by atoms with Gasteiger partial charge in [-0.1, -0.05) is 6.07 Å². The first-order chi connectivity index (χ1) is 10.6. The third-order valence-corrected chi connectivity index (χ3v) is 3.60. The van der Waals surface area contributed by atoms with Gasteiger partial charge in [-0.15, -0.1) is 0 Å². The summed E-state index contributed by atoms with van der Waals surface area (Å²) >= 11 is 0. The number of hydrogen-bond acceptors (Lipinski definition) is 4. The zero-order valence-corrected chi connectivity index (χ0v) is 12.7. The topological polar surface area (TPSA) is 65.4 Å². The van der Waals surface area contributed by atoms with Crippen LogP contribution in [0.5, 0.6) is 11.5 Å². The summed E-state index contributed by atoms with van der Waals surface area (Å²) in [7, 11) is 0. The van der Waals surface area contributed by atoms with Crippen LogP contribution in [-0.4, -0.2) is 22.5 Å². The van der Waals surface area contributed by atoms with Gasteiger partial charge in [0.25, 0.3) is 0 Å². The Bertz CT molecular complexity index is 681. The second kappa shape index (κ2) is 6.09. The van der Waals surface area contributed by atoms with Crippen LogP contribution in [0, 0.1) is 6.92 Å². The van der Waals surface area contributed by atoms with E-state index >= 15 is 0 Å². The lowest BCUT2D eigenvalue weighted by atomic mass is 10.2. The van der Waals surface area contributed by atoms with Gasteiger partial charge in [0.2, 0.25) is 12.7 Å². The molecule has 0 saturated carbocycles. The molecule has 1 aliphatic heterocycles. The minimum Gasteiger partial charge on any atom is -0.454 e. The van der Waals surface area contributed by atoms with Gasteiger partial charge in [0.05, 0.1) is 11.7 Å². The third kappa shape index (κ3) is 3.21. The summed E-state index contributed by atoms with van der Waals surface area (Å²) < 4.78 is 12.4. The van der Waals surface area contributed by atoms with Gasteiger partial charge in [-0.25, -0.2) is 0 Å². The Labute approximate surface area is 129 Å². The molecule has 22 heavy (non-hydrogen) atoms. The van der Waals surface area contributed by atoms with Crippen molar-refractivity contribution in [1.82, 2.24) is 15.1 Å². The monoisotopic (exact) mass is 301 g/mol. The van der Waals surface area contributed by atoms with Crippen molar-refractivity contribution in [3.05, 3.63) is 41.7 Å². The lowest BCUT2D eigenvalue weighted by molar-refractivity contribution is -0.122. The molecule has 0 fully saturated rings. The van der Waals surface area contributed by atoms with Crippen LogP contribution in [0.3, 0.4) is 0 Å². The van der Waals surface area contributed by atoms with Crippen molar-refractivity contribution in [2.24, 2.45) is 0 Å². The number of rotatable bonds is 5. The summed E-state index contributed by atoms with van der Waals surface area (Å²) in [5, 5.41) is 7.25. The van der Waals surface area contributed by atoms with Gasteiger partial charge >= 0.3 is 0 Å². The standard InChI is InChI=1S/C16H19N3O3/c1-11-5-6-19(18-11)12(2)7-16(20)17-9-13-3-4-14-15(8-13)22-10-21-14/h3-6,8,12H,7,9-10H2,1-2H3,(H,17,20)/t12-/m0/s1. The number of amides is 1. The van der Waals surface area contributed by atoms with E-state index in [0.29, 0.717) is 13.0 Å². The van der Waals surface area contributed by atoms with Crippen LogP contribution in [-0.2, 0) is 11.3 Å². The van der Waals surface area contributed by atoms with Crippen LogP contribution in [0.4, 0.5) is 0 Å². The first-order valence-electron chi connectivity index (χ1n) is 7.29. The van der Waals surface area contributed by atoms with Crippen LogP contribution >= 0.6 is 0 Å². The quantitative estimate of drug-likeness (QED) is 0.919. The van der Waals surface area contributed by atoms with Crippen molar-refractivity contribution in [1.29, 1.82) is 0 Å². The van der Waals surface area contributed by atoms with Gasteiger partial charge in [0.15, 0.2) is 11.5 Å². The first kappa shape index (κ1) is 14.4. The lowest BCUT2D eigenvalue weighted by Gasteiger charge is -2.12. The summed E-state index contributed by atoms with van der Waals surface area (Å²) in [5.41, 5.74) is 1.94. The van der Waals surface area contributed by atoms with E-state index in [1.54, 1.807) is 0 Å². The molecule has 1 aromatic carbocycles. The number of carbonyl (C=O) groups is 1. The normalized spacial score (nSPS) is 13.9. The number of aryl methyl sites for hydroxylation is 1. The molecule has 1 aromatic heterocycles. The Morgan fingerprint density at radius 1 is 1.36 bits per heavy atom. The number of ether oxygens (including phenoxy) is 2. The van der Waals surface area contributed by atoms with Crippen molar-refractivity contribution >= 4 is 5.91 Å². The third-order valence-electron chi connectivity index (χ3n) is 3.60. The summed E-state index contributed by atoms with van der Waals surface area (Å²) in [5.74, 6) is 1.48. The average molecular weight is 301 g/mol. The van der Waals surface area contributed by atoms with Crippen LogP contribution in [0.2, 0.25) is 0 Å². The largest absolute Gasteiger partial charge is 0.454 e. The molecule has 1 amide bonds. The molecular weight excluding hydrogens is 282 g/mol. The Kier molecular flexibility index (Phi) is 4.00. The predicted octanol–water partition coefficient (Wildman–Crippen LogP) is 2.19. The fourth-order valence-corrected chi connectivity index (χ4v) is 2.36. The molecule has 2 aromatic rings. The SMILES string of the molecule is Cc1ccn([C@@H](C)CC(=O)NCc2ccc3c(c2)OCO3)n1. The number of fused-ring (bicyclic) bond motifs is 1. The van der Waals surface area contributed by atoms with Crippen LogP contribution in [0.1, 0.15) is 30.6 Å². The number of nitrogens with zero attached hydrogens (tertiary/aromatic N) is 2. The van der Waals surface area contributed by atoms with Crippen molar-refractivity contribution in [3.8, 4) is 11.5 Å². The van der Waals surface area contributed by atoms with Crippen molar-refractivity contribution in [3.63, 3.8) is 0 Å². The maximum Gasteiger partial charge on any atom is 0.231 e. The Morgan fingerprint density at radius 2 is 2.18 bits per heavy atom. The second-order valence-corrected chi connectivity index (χ2v) is 5.45. The molecular formula is C16H19N3O3. The molecule has 0 aliphatic carbocycles. The van der Waals surface area contributed by atoms with E-state index in [1.807, 2.05) is 49.0 Å². The zero-order chi connectivity index (χ0) is 15.5. The molecule has 6 nitrogen and oxygen atoms in total. The van der Waals surface area contributed by atoms with E-state index in [0.717, 1.165) is 22.8 Å². The number of hydrogen-bond donors (Lipinski definition) is 1. The van der Waals surface area contributed by atoms with Gasteiger partial charge in [0.1, 0.15) is 0 Å². The minimum absolute atomic E-state index is 0.00156. The van der Waals surface area contributed by atoms with Gasteiger partial charge in [-0.2, -0.15) is 5.10 Å². The molecule has 0 unspecified atom stereocenters. The Hall–Kier alpha value is -2.50. The van der Waals surface area contributed by atoms with Gasteiger partial charge in [-0.3, -0.25) is 9.48 Å². The molecule has 1 aliphatic rings. The van der Waals surface area contributed by atoms with Crippen molar-refractivity contribution in [2.45, 2.75) is 32.9 Å². The average Bonchev–Trinajstić information content (AvgIpc) is 3.13. The summed E-state index contributed by atoms with van der Waals surface area (Å²) in [6, 6.07) is 7.64. The molecule has 3 rings (SSSR count). The Balaban J connectivity index is 1.52. The van der Waals surface area contributed by atoms with Crippen molar-refractivity contribution in [2.75, 3.05) is 6.79 Å². The summed E-state index contributed by atoms with van der Waals surface area (Å²) in [6.45, 7) is 4.64. The zero-order valence-electron chi connectivity index (χ0n) is 12.7. The van der Waals surface area contributed by atoms with E-state index in [-0.39, 0.29) is 18.7 Å². The number of nitrogens with one attached hydrogen (secondary N) is 1. The fourth-order valence-electron chi connectivity index (χ4n) is 2.36. The molecule has 0 saturated heterocycles. The maximum atomic E-state index is 12.0. The molecule has 0 bridgehead atoms. The molecule has 0 spiro atoms. The first-order valence-corrected chi connectivity index (χ1v) is 7.29. The number of carbonyl (C=O) groups excluding carboxylic acids is 1. The van der Waals surface area contributed by atoms with Crippen molar-refractivity contribution < 1.29 is 14.3 Å². The predicted molar refractivity (Wildman–Crippen MR) is 80.7 cm³/mol. The number of aromatic nitrogens is 2. The van der Waals surface area contributed by atoms with E-state index in [9.17, 15) is 4.79 Å². The van der Waals surface area contributed by atoms with Gasteiger partial charge < -0.3 is 14.8 Å². The maximum absolute atomic E-state index is 12.0. The van der Waals surface area contributed by atoms with E-state index in [1.165, 1.54) is 0 Å². The summed E-state index contributed by atoms with van der Waals surface area (Å²) in [4.78, 5) is 12.0. The summed E-state index contributed by atoms with van der Waals surface area (Å²) in [6.07, 6.45) is 2.29. The molecule has 116 valence electrons. The van der Waals surface area contributed by atoms with E-state index < -0.39 is 0 Å². The fraction of sp³-hybridized carbons (Fsp3) is 0.375. The van der Waals surface area contributed by atoms with Gasteiger partial charge in [-0.05, 0) is 37.6 Å². The second-order valence-electron chi connectivity index (χ2n) is 5.45. The number of benzene rings is 1. The van der Waals surface area contributed by atoms with Crippen LogP contribution < -0.4 is 14.8 Å². The molecule has 1 atom stereocenters. The molecule has 0 radical (unpaired) electrons. The molecule has 2 heterocycles. The molecule has 6 heteroatoms. The smallest absolute Gasteiger partial charge is 0.231 e. The van der Waals surface area contributed by atoms with E-state index in [4.69, 9.17) is 9.47 Å². The van der Waals surface area contributed by atoms with Gasteiger partial charge in [0, 0.05) is 19.2 Å². The highest BCUT2D eigenvalue weighted by Gasteiger charge is 2.14. The lowest BCUT2D eigenvalue weighted by Crippen LogP contribution is -2.25. The van der Waals surface area contributed by atoms with Crippen LogP contribution in [0.25, 0.3) is 0 Å². The highest BCUT2D eigenvalue weighted by molar-refractivity contribution is 5.76. The minimum atomic E-state index is -0.00156.